The van der Waals surface area contributed by atoms with Crippen LogP contribution in [0.2, 0.25) is 0 Å². The summed E-state index contributed by atoms with van der Waals surface area (Å²) in [5.74, 6) is 0. The van der Waals surface area contributed by atoms with Gasteiger partial charge in [0.2, 0.25) is 0 Å². The molecule has 1 aliphatic rings. The zero-order valence-corrected chi connectivity index (χ0v) is 25.6. The van der Waals surface area contributed by atoms with Gasteiger partial charge in [-0.05, 0) is 87.7 Å². The third kappa shape index (κ3) is 3.20. The lowest BCUT2D eigenvalue weighted by atomic mass is 9.55. The summed E-state index contributed by atoms with van der Waals surface area (Å²) in [6.45, 7) is 9.64. The van der Waals surface area contributed by atoms with Crippen LogP contribution in [0, 0.1) is 0 Å². The SMILES string of the molecule is CC1(C)c2ccccc2-c2cc3c4ccccc4n(-c4ccc(-n5c6ccccc6c6ccccc65)cc4)c3cc2C1(C)C. The molecule has 2 heteroatoms. The normalized spacial score (nSPS) is 15.2. The molecule has 0 aliphatic heterocycles. The van der Waals surface area contributed by atoms with Gasteiger partial charge in [-0.1, -0.05) is 107 Å². The van der Waals surface area contributed by atoms with Crippen LogP contribution < -0.4 is 0 Å². The minimum Gasteiger partial charge on any atom is -0.309 e. The van der Waals surface area contributed by atoms with Gasteiger partial charge in [0.05, 0.1) is 22.1 Å². The van der Waals surface area contributed by atoms with Crippen molar-refractivity contribution in [3.8, 4) is 22.5 Å². The van der Waals surface area contributed by atoms with Crippen molar-refractivity contribution in [3.63, 3.8) is 0 Å². The van der Waals surface area contributed by atoms with Crippen molar-refractivity contribution < 1.29 is 0 Å². The summed E-state index contributed by atoms with van der Waals surface area (Å²) in [5.41, 5.74) is 12.8. The van der Waals surface area contributed by atoms with E-state index in [0.29, 0.717) is 0 Å². The second-order valence-corrected chi connectivity index (χ2v) is 13.4. The standard InChI is InChI=1S/C42H34N2/c1-41(2)35-17-9-5-13-29(35)33-25-34-32-16-8-12-20-39(32)44(40(34)26-36(33)42(41,3)4)28-23-21-27(22-24-28)43-37-18-10-6-14-30(37)31-15-7-11-19-38(31)43/h5-26H,1-4H3. The summed E-state index contributed by atoms with van der Waals surface area (Å²) in [6.07, 6.45) is 0. The summed E-state index contributed by atoms with van der Waals surface area (Å²) < 4.78 is 4.85. The molecule has 0 saturated heterocycles. The Bertz CT molecular complexity index is 2380. The highest BCUT2D eigenvalue weighted by Gasteiger charge is 2.46. The lowest BCUT2D eigenvalue weighted by Crippen LogP contribution is -2.43. The van der Waals surface area contributed by atoms with Gasteiger partial charge in [0, 0.05) is 32.9 Å². The summed E-state index contributed by atoms with van der Waals surface area (Å²) in [6, 6.07) is 49.4. The molecule has 0 saturated carbocycles. The predicted octanol–water partition coefficient (Wildman–Crippen LogP) is 11.1. The fraction of sp³-hybridized carbons (Fsp3) is 0.143. The maximum absolute atomic E-state index is 2.49. The number of hydrogen-bond donors (Lipinski definition) is 0. The molecule has 2 heterocycles. The highest BCUT2D eigenvalue weighted by Crippen LogP contribution is 2.55. The topological polar surface area (TPSA) is 9.86 Å². The van der Waals surface area contributed by atoms with Crippen LogP contribution in [0.25, 0.3) is 66.1 Å². The Morgan fingerprint density at radius 1 is 0.364 bits per heavy atom. The summed E-state index contributed by atoms with van der Waals surface area (Å²) >= 11 is 0. The Balaban J connectivity index is 1.29. The van der Waals surface area contributed by atoms with E-state index in [4.69, 9.17) is 0 Å². The molecule has 6 aromatic carbocycles. The van der Waals surface area contributed by atoms with Crippen molar-refractivity contribution in [2.75, 3.05) is 0 Å². The van der Waals surface area contributed by atoms with E-state index in [1.54, 1.807) is 0 Å². The predicted molar refractivity (Wildman–Crippen MR) is 187 cm³/mol. The Morgan fingerprint density at radius 2 is 0.795 bits per heavy atom. The minimum absolute atomic E-state index is 0.00885. The molecular weight excluding hydrogens is 532 g/mol. The number of para-hydroxylation sites is 3. The molecule has 8 aromatic rings. The number of nitrogens with zero attached hydrogens (tertiary/aromatic N) is 2. The zero-order chi connectivity index (χ0) is 29.8. The van der Waals surface area contributed by atoms with Crippen molar-refractivity contribution in [1.82, 2.24) is 9.13 Å². The van der Waals surface area contributed by atoms with Gasteiger partial charge in [-0.2, -0.15) is 0 Å². The Hall–Kier alpha value is -5.08. The van der Waals surface area contributed by atoms with Gasteiger partial charge in [-0.25, -0.2) is 0 Å². The summed E-state index contributed by atoms with van der Waals surface area (Å²) in [7, 11) is 0. The molecule has 1 aliphatic carbocycles. The van der Waals surface area contributed by atoms with Crippen molar-refractivity contribution in [2.24, 2.45) is 0 Å². The molecule has 212 valence electrons. The largest absolute Gasteiger partial charge is 0.309 e. The van der Waals surface area contributed by atoms with Gasteiger partial charge in [0.1, 0.15) is 0 Å². The Kier molecular flexibility index (Phi) is 5.05. The van der Waals surface area contributed by atoms with Crippen LogP contribution in [0.15, 0.2) is 133 Å². The first-order valence-corrected chi connectivity index (χ1v) is 15.6. The van der Waals surface area contributed by atoms with Crippen molar-refractivity contribution in [3.05, 3.63) is 145 Å². The lowest BCUT2D eigenvalue weighted by molar-refractivity contribution is 0.299. The van der Waals surface area contributed by atoms with E-state index in [0.717, 1.165) is 0 Å². The lowest BCUT2D eigenvalue weighted by Gasteiger charge is -2.48. The van der Waals surface area contributed by atoms with Crippen LogP contribution in [0.5, 0.6) is 0 Å². The summed E-state index contributed by atoms with van der Waals surface area (Å²) in [5, 5.41) is 5.16. The molecule has 0 unspecified atom stereocenters. The number of hydrogen-bond acceptors (Lipinski definition) is 0. The smallest absolute Gasteiger partial charge is 0.0544 e. The average Bonchev–Trinajstić information content (AvgIpc) is 3.56. The van der Waals surface area contributed by atoms with Crippen molar-refractivity contribution in [1.29, 1.82) is 0 Å². The number of aromatic nitrogens is 2. The monoisotopic (exact) mass is 566 g/mol. The van der Waals surface area contributed by atoms with Crippen LogP contribution in [-0.2, 0) is 10.8 Å². The van der Waals surface area contributed by atoms with Gasteiger partial charge in [0.15, 0.2) is 0 Å². The highest BCUT2D eigenvalue weighted by molar-refractivity contribution is 6.12. The first-order chi connectivity index (χ1) is 21.4. The third-order valence-electron chi connectivity index (χ3n) is 10.9. The van der Waals surface area contributed by atoms with Crippen LogP contribution >= 0.6 is 0 Å². The molecule has 44 heavy (non-hydrogen) atoms. The van der Waals surface area contributed by atoms with E-state index >= 15 is 0 Å². The van der Waals surface area contributed by atoms with Gasteiger partial charge >= 0.3 is 0 Å². The molecule has 2 aromatic heterocycles. The molecule has 9 rings (SSSR count). The molecule has 0 atom stereocenters. The summed E-state index contributed by atoms with van der Waals surface area (Å²) in [4.78, 5) is 0. The van der Waals surface area contributed by atoms with Crippen molar-refractivity contribution in [2.45, 2.75) is 38.5 Å². The zero-order valence-electron chi connectivity index (χ0n) is 25.6. The van der Waals surface area contributed by atoms with E-state index in [1.165, 1.54) is 77.2 Å². The first-order valence-electron chi connectivity index (χ1n) is 15.6. The van der Waals surface area contributed by atoms with Gasteiger partial charge in [-0.15, -0.1) is 0 Å². The van der Waals surface area contributed by atoms with E-state index < -0.39 is 0 Å². The van der Waals surface area contributed by atoms with E-state index in [-0.39, 0.29) is 10.8 Å². The number of benzene rings is 6. The Morgan fingerprint density at radius 3 is 1.36 bits per heavy atom. The maximum atomic E-state index is 2.49. The van der Waals surface area contributed by atoms with Crippen LogP contribution in [0.4, 0.5) is 0 Å². The first kappa shape index (κ1) is 25.4. The van der Waals surface area contributed by atoms with Crippen LogP contribution in [0.1, 0.15) is 38.8 Å². The van der Waals surface area contributed by atoms with E-state index in [1.807, 2.05) is 0 Å². The average molecular weight is 567 g/mol. The van der Waals surface area contributed by atoms with E-state index in [2.05, 4.69) is 170 Å². The number of rotatable bonds is 2. The second-order valence-electron chi connectivity index (χ2n) is 13.4. The second kappa shape index (κ2) is 8.74. The Labute approximate surface area is 257 Å². The molecule has 0 radical (unpaired) electrons. The maximum Gasteiger partial charge on any atom is 0.0544 e. The molecule has 0 N–H and O–H groups in total. The molecule has 0 spiro atoms. The molecule has 0 fully saturated rings. The molecule has 0 bridgehead atoms. The molecular formula is C42H34N2. The van der Waals surface area contributed by atoms with Gasteiger partial charge < -0.3 is 9.13 Å². The van der Waals surface area contributed by atoms with Crippen LogP contribution in [-0.4, -0.2) is 9.13 Å². The molecule has 2 nitrogen and oxygen atoms in total. The van der Waals surface area contributed by atoms with Gasteiger partial charge in [0.25, 0.3) is 0 Å². The van der Waals surface area contributed by atoms with Crippen molar-refractivity contribution >= 4 is 43.6 Å². The molecule has 0 amide bonds. The quantitative estimate of drug-likeness (QED) is 0.197. The van der Waals surface area contributed by atoms with E-state index in [9.17, 15) is 0 Å². The third-order valence-corrected chi connectivity index (χ3v) is 10.9. The number of fused-ring (bicyclic) bond motifs is 9. The van der Waals surface area contributed by atoms with Crippen LogP contribution in [0.3, 0.4) is 0 Å². The fourth-order valence-corrected chi connectivity index (χ4v) is 7.92. The van der Waals surface area contributed by atoms with Gasteiger partial charge in [-0.3, -0.25) is 0 Å². The highest BCUT2D eigenvalue weighted by atomic mass is 15.0. The minimum atomic E-state index is -0.0491. The fourth-order valence-electron chi connectivity index (χ4n) is 7.92.